The van der Waals surface area contributed by atoms with Gasteiger partial charge in [-0.05, 0) is 18.2 Å². The molecule has 0 aliphatic carbocycles. The number of hydrogen-bond acceptors (Lipinski definition) is 13. The Morgan fingerprint density at radius 2 is 1.98 bits per heavy atom. The van der Waals surface area contributed by atoms with E-state index in [0.29, 0.717) is 11.3 Å². The number of carbonyl (C=O) groups excluding carboxylic acids is 2. The molecule has 0 saturated carbocycles. The maximum absolute atomic E-state index is 13.6. The quantitative estimate of drug-likeness (QED) is 0.0511. The molecule has 3 aromatic heterocycles. The lowest BCUT2D eigenvalue weighted by atomic mass is 10.0. The number of benzene rings is 1. The van der Waals surface area contributed by atoms with Gasteiger partial charge in [0.25, 0.3) is 11.8 Å². The largest absolute Gasteiger partial charge is 0.506 e. The average molecular weight is 708 g/mol. The molecule has 252 valence electrons. The normalized spacial score (nSPS) is 18.1. The molecule has 1 aromatic carbocycles. The van der Waals surface area contributed by atoms with E-state index in [0.717, 1.165) is 28.0 Å². The zero-order valence-electron chi connectivity index (χ0n) is 25.3. The van der Waals surface area contributed by atoms with Crippen molar-refractivity contribution in [3.05, 3.63) is 86.6 Å². The molecule has 0 spiro atoms. The molecule has 0 bridgehead atoms. The van der Waals surface area contributed by atoms with Crippen LogP contribution in [0.2, 0.25) is 0 Å². The van der Waals surface area contributed by atoms with Crippen LogP contribution in [0.3, 0.4) is 0 Å². The summed E-state index contributed by atoms with van der Waals surface area (Å²) in [5, 5.41) is 37.6. The Morgan fingerprint density at radius 1 is 1.20 bits per heavy atom. The number of β-lactam (4-membered cyclic amide) rings is 1. The molecule has 1 saturated heterocycles. The van der Waals surface area contributed by atoms with Crippen LogP contribution in [0.25, 0.3) is 10.9 Å². The Balaban J connectivity index is 1.27. The van der Waals surface area contributed by atoms with Gasteiger partial charge in [0.05, 0.1) is 11.2 Å². The number of phenolic OH excluding ortho intramolecular Hbond substituents is 1. The smallest absolute Gasteiger partial charge is 0.352 e. The number of H-pyrrole nitrogens is 1. The van der Waals surface area contributed by atoms with Gasteiger partial charge in [-0.25, -0.2) is 14.6 Å². The molecule has 1 fully saturated rings. The van der Waals surface area contributed by atoms with Crippen molar-refractivity contribution in [3.63, 3.8) is 0 Å². The summed E-state index contributed by atoms with van der Waals surface area (Å²) in [7, 11) is 0. The lowest BCUT2D eigenvalue weighted by molar-refractivity contribution is -0.694. The number of anilines is 2. The van der Waals surface area contributed by atoms with Gasteiger partial charge in [0.15, 0.2) is 23.6 Å². The summed E-state index contributed by atoms with van der Waals surface area (Å²) in [6, 6.07) is 7.16. The van der Waals surface area contributed by atoms with Gasteiger partial charge in [0.2, 0.25) is 17.4 Å². The summed E-state index contributed by atoms with van der Waals surface area (Å²) in [6.07, 6.45) is -0.0743. The molecule has 0 radical (unpaired) electrons. The summed E-state index contributed by atoms with van der Waals surface area (Å²) < 4.78 is 1.78. The molecule has 49 heavy (non-hydrogen) atoms. The highest BCUT2D eigenvalue weighted by Gasteiger charge is 2.55. The molecule has 4 aromatic rings. The third-order valence-electron chi connectivity index (χ3n) is 7.93. The summed E-state index contributed by atoms with van der Waals surface area (Å²) in [4.78, 5) is 76.6. The number of nitrogens with zero attached hydrogens (tertiary/aromatic N) is 4. The number of thiazole rings is 1. The van der Waals surface area contributed by atoms with Crippen molar-refractivity contribution in [2.45, 2.75) is 31.0 Å². The number of fused-ring (bicyclic) bond motifs is 2. The number of nitrogens with one attached hydrogen (secondary N) is 2. The Labute approximate surface area is 283 Å². The van der Waals surface area contributed by atoms with Crippen LogP contribution in [0, 0.1) is 6.92 Å². The third-order valence-corrected chi connectivity index (χ3v) is 9.94. The number of aromatic nitrogens is 3. The van der Waals surface area contributed by atoms with Crippen molar-refractivity contribution < 1.29 is 43.9 Å². The standard InChI is InChI=1S/C30H26N8O9S2/c1-12-16(31)3-2-8-37(12)9-13-10-48-27-22(26(42)38(27)23(13)28(43)44)35-25(41)21(17-11-49-30(32)33-17)36-47-24(29(45)46)15-4-6-18(39)20-14(15)5-7-19(40)34-20/h2-8,11,22,24,27H,9-10,31H2,1H3,(H6-,32,33,34,35,36,39,40,41,43,44,45,46)/p+1/t22-,24?,27-/m1/s1. The molecule has 9 N–H and O–H groups in total. The van der Waals surface area contributed by atoms with Crippen LogP contribution in [0.4, 0.5) is 10.8 Å². The van der Waals surface area contributed by atoms with Crippen molar-refractivity contribution in [2.75, 3.05) is 17.2 Å². The number of rotatable bonds is 10. The fourth-order valence-electron chi connectivity index (χ4n) is 5.47. The van der Waals surface area contributed by atoms with E-state index in [9.17, 15) is 39.3 Å². The van der Waals surface area contributed by atoms with E-state index in [1.54, 1.807) is 29.8 Å². The van der Waals surface area contributed by atoms with E-state index in [-0.39, 0.29) is 51.0 Å². The van der Waals surface area contributed by atoms with Crippen LogP contribution in [0.15, 0.2) is 69.2 Å². The Bertz CT molecular complexity index is 2180. The molecule has 2 amide bonds. The number of carbonyl (C=O) groups is 4. The number of oxime groups is 1. The van der Waals surface area contributed by atoms with Crippen LogP contribution in [-0.4, -0.2) is 76.8 Å². The van der Waals surface area contributed by atoms with Gasteiger partial charge in [-0.15, -0.1) is 23.1 Å². The molecular weight excluding hydrogens is 681 g/mol. The number of amides is 2. The molecule has 2 aliphatic heterocycles. The number of aromatic hydroxyl groups is 1. The van der Waals surface area contributed by atoms with Crippen molar-refractivity contribution >= 4 is 74.3 Å². The van der Waals surface area contributed by atoms with Crippen molar-refractivity contribution in [1.82, 2.24) is 20.2 Å². The minimum absolute atomic E-state index is 0.00314. The first kappa shape index (κ1) is 33.0. The zero-order chi connectivity index (χ0) is 35.1. The molecule has 1 unspecified atom stereocenters. The number of aliphatic carboxylic acids is 2. The van der Waals surface area contributed by atoms with Crippen LogP contribution in [0.5, 0.6) is 5.75 Å². The lowest BCUT2D eigenvalue weighted by Gasteiger charge is -2.49. The molecule has 6 rings (SSSR count). The molecule has 3 atom stereocenters. The Morgan fingerprint density at radius 3 is 2.67 bits per heavy atom. The summed E-state index contributed by atoms with van der Waals surface area (Å²) in [5.41, 5.74) is 12.2. The number of carboxylic acid groups (broad SMARTS) is 2. The van der Waals surface area contributed by atoms with Gasteiger partial charge >= 0.3 is 11.9 Å². The number of aromatic amines is 1. The van der Waals surface area contributed by atoms with Crippen molar-refractivity contribution in [2.24, 2.45) is 5.16 Å². The second kappa shape index (κ2) is 12.9. The first-order valence-corrected chi connectivity index (χ1v) is 16.3. The van der Waals surface area contributed by atoms with Gasteiger partial charge in [-0.2, -0.15) is 4.57 Å². The van der Waals surface area contributed by atoms with E-state index in [4.69, 9.17) is 16.3 Å². The first-order chi connectivity index (χ1) is 23.3. The number of nitrogen functional groups attached to an aromatic ring is 2. The molecule has 19 heteroatoms. The number of pyridine rings is 2. The van der Waals surface area contributed by atoms with E-state index in [2.05, 4.69) is 20.4 Å². The Kier molecular flexibility index (Phi) is 8.69. The van der Waals surface area contributed by atoms with Crippen molar-refractivity contribution in [3.8, 4) is 5.75 Å². The van der Waals surface area contributed by atoms with E-state index in [1.807, 2.05) is 0 Å². The molecule has 17 nitrogen and oxygen atoms in total. The molecule has 2 aliphatic rings. The zero-order valence-corrected chi connectivity index (χ0v) is 26.9. The highest BCUT2D eigenvalue weighted by Crippen LogP contribution is 2.40. The van der Waals surface area contributed by atoms with Gasteiger partial charge in [0, 0.05) is 46.7 Å². The Hall–Kier alpha value is -5.95. The van der Waals surface area contributed by atoms with Crippen LogP contribution >= 0.6 is 23.1 Å². The number of thioether (sulfide) groups is 1. The SMILES string of the molecule is Cc1c(N)ccc[n+]1CC1=C(C(=O)O)N2C(=O)[C@@H](NC(=O)/C(=N\OC(C(=O)O)c3ccc(O)c4[nH]c(=O)ccc34)c3csc(N)n3)[C@H]2SC1. The number of hydrogen-bond donors (Lipinski definition) is 7. The predicted molar refractivity (Wildman–Crippen MR) is 176 cm³/mol. The summed E-state index contributed by atoms with van der Waals surface area (Å²) in [5.74, 6) is -4.54. The maximum Gasteiger partial charge on any atom is 0.352 e. The third kappa shape index (κ3) is 6.11. The van der Waals surface area contributed by atoms with E-state index in [1.165, 1.54) is 35.3 Å². The van der Waals surface area contributed by atoms with Gasteiger partial charge in [0.1, 0.15) is 28.6 Å². The maximum atomic E-state index is 13.6. The van der Waals surface area contributed by atoms with E-state index < -0.39 is 52.5 Å². The second-order valence-corrected chi connectivity index (χ2v) is 12.9. The highest BCUT2D eigenvalue weighted by molar-refractivity contribution is 8.00. The van der Waals surface area contributed by atoms with Crippen LogP contribution in [-0.2, 0) is 30.6 Å². The molecule has 5 heterocycles. The number of phenols is 1. The predicted octanol–water partition coefficient (Wildman–Crippen LogP) is 0.436. The second-order valence-electron chi connectivity index (χ2n) is 10.9. The summed E-state index contributed by atoms with van der Waals surface area (Å²) in [6.45, 7) is 1.97. The lowest BCUT2D eigenvalue weighted by Crippen LogP contribution is -2.71. The first-order valence-electron chi connectivity index (χ1n) is 14.3. The van der Waals surface area contributed by atoms with Crippen LogP contribution < -0.4 is 26.9 Å². The summed E-state index contributed by atoms with van der Waals surface area (Å²) >= 11 is 2.22. The van der Waals surface area contributed by atoms with E-state index >= 15 is 0 Å². The minimum atomic E-state index is -1.83. The van der Waals surface area contributed by atoms with Crippen molar-refractivity contribution in [1.29, 1.82) is 0 Å². The molecular formula is C30H27N8O9S2+. The number of carboxylic acids is 2. The van der Waals surface area contributed by atoms with Gasteiger partial charge in [-0.3, -0.25) is 19.3 Å². The fraction of sp³-hybridized carbons (Fsp3) is 0.200. The minimum Gasteiger partial charge on any atom is -0.506 e. The number of nitrogens with two attached hydrogens (primary N) is 2. The fourth-order valence-corrected chi connectivity index (χ4v) is 7.35. The van der Waals surface area contributed by atoms with Crippen LogP contribution in [0.1, 0.15) is 23.1 Å². The monoisotopic (exact) mass is 707 g/mol. The van der Waals surface area contributed by atoms with Gasteiger partial charge in [-0.1, -0.05) is 11.2 Å². The van der Waals surface area contributed by atoms with Gasteiger partial charge < -0.3 is 41.9 Å². The average Bonchev–Trinajstić information content (AvgIpc) is 3.49. The highest BCUT2D eigenvalue weighted by atomic mass is 32.2. The topological polar surface area (TPSA) is 267 Å².